The number of aromatic nitrogens is 2. The van der Waals surface area contributed by atoms with Crippen LogP contribution in [0.4, 0.5) is 23.3 Å². The zero-order valence-corrected chi connectivity index (χ0v) is 52.2. The second-order valence-corrected chi connectivity index (χ2v) is 23.5. The first-order valence-electron chi connectivity index (χ1n) is 30.7. The zero-order chi connectivity index (χ0) is 63.5. The highest BCUT2D eigenvalue weighted by atomic mass is 32.1. The van der Waals surface area contributed by atoms with Crippen LogP contribution in [0.25, 0.3) is 17.3 Å². The number of allylic oxidation sites excluding steroid dienone is 1. The molecule has 2 aromatic carbocycles. The fourth-order valence-electron chi connectivity index (χ4n) is 10.9. The van der Waals surface area contributed by atoms with Gasteiger partial charge < -0.3 is 59.5 Å². The van der Waals surface area contributed by atoms with Crippen molar-refractivity contribution in [2.45, 2.75) is 115 Å². The highest BCUT2D eigenvalue weighted by Crippen LogP contribution is 2.41. The van der Waals surface area contributed by atoms with Crippen LogP contribution in [-0.2, 0) is 60.6 Å². The van der Waals surface area contributed by atoms with Crippen molar-refractivity contribution in [3.05, 3.63) is 95.3 Å². The van der Waals surface area contributed by atoms with Crippen molar-refractivity contribution < 1.29 is 70.4 Å². The standard InChI is InChI=1S/C64H86F3N9O12S/c1-43(68-2)58(79)72-57(48-17-9-6-10-18-48)62(82)76-26-12-19-52(76)60(81)74-61-56(47-15-7-5-8-16-47)73-63(89-61)71-54(77)42-88-36-35-87-34-33-86-32-31-85-30-29-84-28-27-75(3)55(78)38-45-13-11-14-46(37-45)40-70-59(80)51-39-49(53(83-4)41-69-51)23-20-44-21-24-50(25-22-44)64(65,66)67/h5,7-8,11,13-16,20,23,37,39,41,43-44,48,50,52,57,68H,6,9-10,12,17-19,21-22,24-36,38,40,42H2,1-4H3,(H,70,80)(H,72,79)(H,74,81)(H,71,73,77)/b23-20+/t43?,44-,50-,52-,57?/m0/s1. The van der Waals surface area contributed by atoms with E-state index in [9.17, 15) is 41.9 Å². The van der Waals surface area contributed by atoms with Crippen molar-refractivity contribution in [3.63, 3.8) is 0 Å². The van der Waals surface area contributed by atoms with Gasteiger partial charge >= 0.3 is 6.18 Å². The number of ether oxygens (including phenoxy) is 6. The highest BCUT2D eigenvalue weighted by molar-refractivity contribution is 7.20. The highest BCUT2D eigenvalue weighted by Gasteiger charge is 2.42. The number of anilines is 2. The summed E-state index contributed by atoms with van der Waals surface area (Å²) in [4.78, 5) is 92.6. The molecule has 1 aliphatic heterocycles. The van der Waals surface area contributed by atoms with Gasteiger partial charge in [0.15, 0.2) is 5.13 Å². The molecule has 25 heteroatoms. The van der Waals surface area contributed by atoms with Crippen molar-refractivity contribution in [2.24, 2.45) is 17.8 Å². The van der Waals surface area contributed by atoms with E-state index in [1.54, 1.807) is 43.0 Å². The summed E-state index contributed by atoms with van der Waals surface area (Å²) in [5, 5.41) is 15.3. The molecule has 0 radical (unpaired) electrons. The Morgan fingerprint density at radius 3 is 2.11 bits per heavy atom. The molecule has 2 saturated carbocycles. The quantitative estimate of drug-likeness (QED) is 0.0279. The maximum atomic E-state index is 14.3. The largest absolute Gasteiger partial charge is 0.495 e. The van der Waals surface area contributed by atoms with Crippen LogP contribution in [0.1, 0.15) is 105 Å². The predicted molar refractivity (Wildman–Crippen MR) is 331 cm³/mol. The summed E-state index contributed by atoms with van der Waals surface area (Å²) >= 11 is 1.11. The van der Waals surface area contributed by atoms with Gasteiger partial charge in [-0.3, -0.25) is 34.1 Å². The maximum Gasteiger partial charge on any atom is 0.391 e. The first-order chi connectivity index (χ1) is 43.0. The molecule has 21 nitrogen and oxygen atoms in total. The molecule has 7 rings (SSSR count). The number of likely N-dealkylation sites (tertiary alicyclic amines) is 1. The van der Waals surface area contributed by atoms with Gasteiger partial charge in [0, 0.05) is 37.8 Å². The number of benzene rings is 2. The van der Waals surface area contributed by atoms with E-state index in [0.29, 0.717) is 107 Å². The van der Waals surface area contributed by atoms with Crippen molar-refractivity contribution in [2.75, 3.05) is 111 Å². The van der Waals surface area contributed by atoms with Gasteiger partial charge in [-0.2, -0.15) is 13.2 Å². The third-order valence-electron chi connectivity index (χ3n) is 16.2. The van der Waals surface area contributed by atoms with Gasteiger partial charge in [-0.15, -0.1) is 0 Å². The number of thiazole rings is 1. The zero-order valence-electron chi connectivity index (χ0n) is 51.4. The van der Waals surface area contributed by atoms with Crippen molar-refractivity contribution >= 4 is 63.0 Å². The summed E-state index contributed by atoms with van der Waals surface area (Å²) in [5.74, 6) is -2.65. The van der Waals surface area contributed by atoms with Crippen LogP contribution >= 0.6 is 11.3 Å². The molecule has 3 aliphatic rings. The number of carbonyl (C=O) groups is 6. The van der Waals surface area contributed by atoms with E-state index in [1.807, 2.05) is 60.7 Å². The Hall–Kier alpha value is -6.87. The average Bonchev–Trinajstić information content (AvgIpc) is 2.83. The Morgan fingerprint density at radius 1 is 0.787 bits per heavy atom. The van der Waals surface area contributed by atoms with Gasteiger partial charge in [0.1, 0.15) is 40.8 Å². The number of rotatable bonds is 34. The average molecular weight is 1260 g/mol. The number of likely N-dealkylation sites (N-methyl/N-ethyl adjacent to an activating group) is 2. The van der Waals surface area contributed by atoms with Crippen LogP contribution in [0.3, 0.4) is 0 Å². The number of nitrogens with one attached hydrogen (secondary N) is 5. The summed E-state index contributed by atoms with van der Waals surface area (Å²) in [5.41, 5.74) is 3.54. The van der Waals surface area contributed by atoms with Gasteiger partial charge in [-0.05, 0) is 94.4 Å². The SMILES string of the molecule is CNC(C)C(=O)NC(C(=O)N1CCC[C@H]1C(=O)Nc1sc(NC(=O)COCCOCCOCCOCCOCCN(C)C(=O)Cc2cccc(CNC(=O)c3cc(/C=C/[C@H]4CC[C@H](C(F)(F)F)CC4)c(OC)cn3)c2)nc1-c1ccccc1)C1CCCCC1. The molecule has 1 saturated heterocycles. The van der Waals surface area contributed by atoms with E-state index in [4.69, 9.17) is 28.4 Å². The van der Waals surface area contributed by atoms with Crippen molar-refractivity contribution in [1.82, 2.24) is 35.7 Å². The summed E-state index contributed by atoms with van der Waals surface area (Å²) in [6.07, 6.45) is 7.98. The lowest BCUT2D eigenvalue weighted by molar-refractivity contribution is -0.183. The van der Waals surface area contributed by atoms with Gasteiger partial charge in [0.25, 0.3) is 11.8 Å². The monoisotopic (exact) mass is 1260 g/mol. The molecule has 2 unspecified atom stereocenters. The first kappa shape index (κ1) is 69.6. The Bertz CT molecular complexity index is 2940. The number of halogens is 3. The fraction of sp³-hybridized carbons (Fsp3) is 0.562. The van der Waals surface area contributed by atoms with Gasteiger partial charge in [0.05, 0.1) is 91.1 Å². The Balaban J connectivity index is 0.713. The number of amides is 6. The fourth-order valence-corrected chi connectivity index (χ4v) is 11.8. The summed E-state index contributed by atoms with van der Waals surface area (Å²) < 4.78 is 72.8. The molecular weight excluding hydrogens is 1180 g/mol. The molecule has 486 valence electrons. The van der Waals surface area contributed by atoms with E-state index >= 15 is 0 Å². The molecule has 89 heavy (non-hydrogen) atoms. The minimum Gasteiger partial charge on any atom is -0.495 e. The molecule has 5 N–H and O–H groups in total. The predicted octanol–water partition coefficient (Wildman–Crippen LogP) is 7.85. The first-order valence-corrected chi connectivity index (χ1v) is 31.6. The minimum absolute atomic E-state index is 0.00109. The van der Waals surface area contributed by atoms with Crippen molar-refractivity contribution in [3.8, 4) is 17.0 Å². The minimum atomic E-state index is -4.17. The van der Waals surface area contributed by atoms with Gasteiger partial charge in [0.2, 0.25) is 23.6 Å². The third kappa shape index (κ3) is 22.2. The van der Waals surface area contributed by atoms with Crippen LogP contribution in [0.15, 0.2) is 72.9 Å². The molecule has 3 atom stereocenters. The summed E-state index contributed by atoms with van der Waals surface area (Å²) in [6.45, 7) is 5.17. The molecule has 3 fully saturated rings. The van der Waals surface area contributed by atoms with Crippen molar-refractivity contribution in [1.29, 1.82) is 0 Å². The van der Waals surface area contributed by atoms with Crippen LogP contribution in [-0.4, -0.2) is 180 Å². The summed E-state index contributed by atoms with van der Waals surface area (Å²) in [7, 11) is 4.89. The number of hydrogen-bond donors (Lipinski definition) is 5. The van der Waals surface area contributed by atoms with Crippen LogP contribution in [0, 0.1) is 17.8 Å². The molecule has 2 aromatic heterocycles. The Labute approximate surface area is 522 Å². The van der Waals surface area contributed by atoms with Gasteiger partial charge in [-0.25, -0.2) is 9.97 Å². The smallest absolute Gasteiger partial charge is 0.391 e. The number of alkyl halides is 3. The molecule has 4 aromatic rings. The number of pyridine rings is 1. The van der Waals surface area contributed by atoms with Crippen LogP contribution in [0.2, 0.25) is 0 Å². The number of methoxy groups -OCH3 is 1. The Kier molecular flexibility index (Phi) is 28.2. The Morgan fingerprint density at radius 2 is 1.45 bits per heavy atom. The van der Waals surface area contributed by atoms with E-state index in [2.05, 4.69) is 36.6 Å². The van der Waals surface area contributed by atoms with Crippen LogP contribution < -0.4 is 31.3 Å². The maximum absolute atomic E-state index is 14.3. The van der Waals surface area contributed by atoms with E-state index in [1.165, 1.54) is 13.3 Å². The van der Waals surface area contributed by atoms with Gasteiger partial charge in [-0.1, -0.05) is 97.3 Å². The molecule has 0 spiro atoms. The normalized spacial score (nSPS) is 17.9. The molecule has 3 heterocycles. The van der Waals surface area contributed by atoms with E-state index in [-0.39, 0.29) is 91.9 Å². The van der Waals surface area contributed by atoms with E-state index in [0.717, 1.165) is 60.1 Å². The lowest BCUT2D eigenvalue weighted by Crippen LogP contribution is -2.57. The van der Waals surface area contributed by atoms with Crippen LogP contribution in [0.5, 0.6) is 5.75 Å². The molecule has 0 bridgehead atoms. The van der Waals surface area contributed by atoms with E-state index < -0.39 is 42.0 Å². The number of carbonyl (C=O) groups excluding carboxylic acids is 6. The molecule has 2 aliphatic carbocycles. The summed E-state index contributed by atoms with van der Waals surface area (Å²) in [6, 6.07) is 16.3. The lowest BCUT2D eigenvalue weighted by atomic mass is 9.81. The topological polar surface area (TPSA) is 250 Å². The third-order valence-corrected chi connectivity index (χ3v) is 17.0. The molecular formula is C64H86F3N9O12S. The number of nitrogens with zero attached hydrogens (tertiary/aromatic N) is 4. The second kappa shape index (κ2) is 36.1. The number of hydrogen-bond acceptors (Lipinski definition) is 16. The molecule has 6 amide bonds. The lowest BCUT2D eigenvalue weighted by Gasteiger charge is -2.35. The second-order valence-electron chi connectivity index (χ2n) is 22.5.